The van der Waals surface area contributed by atoms with Crippen LogP contribution in [0.5, 0.6) is 0 Å². The number of methoxy groups -OCH3 is 1. The summed E-state index contributed by atoms with van der Waals surface area (Å²) >= 11 is 3.42. The van der Waals surface area contributed by atoms with Gasteiger partial charge in [-0.15, -0.1) is 0 Å². The van der Waals surface area contributed by atoms with Crippen LogP contribution < -0.4 is 0 Å². The van der Waals surface area contributed by atoms with Crippen molar-refractivity contribution < 1.29 is 9.53 Å². The van der Waals surface area contributed by atoms with Crippen molar-refractivity contribution in [2.45, 2.75) is 6.54 Å². The van der Waals surface area contributed by atoms with Crippen molar-refractivity contribution in [1.29, 1.82) is 0 Å². The topological polar surface area (TPSA) is 42.4 Å². The average Bonchev–Trinajstić information content (AvgIpc) is 2.52. The Morgan fingerprint density at radius 1 is 1.24 bits per heavy atom. The molecule has 2 aromatic rings. The number of hydrogen-bond acceptors (Lipinski definition) is 3. The predicted octanol–water partition coefficient (Wildman–Crippen LogP) is 3.13. The summed E-state index contributed by atoms with van der Waals surface area (Å²) in [5.74, 6) is -0.0369. The van der Waals surface area contributed by atoms with E-state index < -0.39 is 0 Å². The van der Waals surface area contributed by atoms with Crippen molar-refractivity contribution >= 4 is 21.8 Å². The lowest BCUT2D eigenvalue weighted by Gasteiger charge is -2.22. The first kappa shape index (κ1) is 15.7. The molecular weight excluding hydrogens is 332 g/mol. The molecular formula is C16H17BrN2O2. The Balaban J connectivity index is 2.19. The summed E-state index contributed by atoms with van der Waals surface area (Å²) < 4.78 is 5.89. The molecule has 4 nitrogen and oxygen atoms in total. The third kappa shape index (κ3) is 4.37. The molecule has 1 aromatic carbocycles. The monoisotopic (exact) mass is 348 g/mol. The van der Waals surface area contributed by atoms with Gasteiger partial charge in [-0.05, 0) is 40.2 Å². The Hall–Kier alpha value is -1.72. The molecule has 2 rings (SSSR count). The lowest BCUT2D eigenvalue weighted by molar-refractivity contribution is 0.0677. The zero-order valence-electron chi connectivity index (χ0n) is 11.8. The van der Waals surface area contributed by atoms with Crippen LogP contribution in [0.1, 0.15) is 16.1 Å². The van der Waals surface area contributed by atoms with Gasteiger partial charge < -0.3 is 9.64 Å². The second-order valence-electron chi connectivity index (χ2n) is 4.52. The van der Waals surface area contributed by atoms with E-state index >= 15 is 0 Å². The summed E-state index contributed by atoms with van der Waals surface area (Å²) in [5, 5.41) is 0. The molecule has 0 saturated carbocycles. The van der Waals surface area contributed by atoms with Crippen LogP contribution in [0, 0.1) is 0 Å². The summed E-state index contributed by atoms with van der Waals surface area (Å²) in [5.41, 5.74) is 1.50. The number of aromatic nitrogens is 1. The van der Waals surface area contributed by atoms with E-state index in [1.54, 1.807) is 18.2 Å². The average molecular weight is 349 g/mol. The molecule has 0 radical (unpaired) electrons. The molecule has 1 amide bonds. The van der Waals surface area contributed by atoms with Crippen LogP contribution in [-0.2, 0) is 11.3 Å². The van der Waals surface area contributed by atoms with Crippen LogP contribution in [0.25, 0.3) is 0 Å². The zero-order chi connectivity index (χ0) is 15.1. The summed E-state index contributed by atoms with van der Waals surface area (Å²) in [4.78, 5) is 18.7. The Kier molecular flexibility index (Phi) is 5.90. The van der Waals surface area contributed by atoms with Crippen LogP contribution in [0.2, 0.25) is 0 Å². The van der Waals surface area contributed by atoms with Gasteiger partial charge in [-0.25, -0.2) is 0 Å². The molecule has 5 heteroatoms. The molecule has 0 aliphatic heterocycles. The van der Waals surface area contributed by atoms with Crippen LogP contribution >= 0.6 is 15.9 Å². The van der Waals surface area contributed by atoms with Gasteiger partial charge in [-0.2, -0.15) is 0 Å². The van der Waals surface area contributed by atoms with Gasteiger partial charge in [0.1, 0.15) is 0 Å². The van der Waals surface area contributed by atoms with E-state index in [1.807, 2.05) is 42.5 Å². The molecule has 0 bridgehead atoms. The highest BCUT2D eigenvalue weighted by molar-refractivity contribution is 9.10. The second-order valence-corrected chi connectivity index (χ2v) is 5.37. The van der Waals surface area contributed by atoms with E-state index in [-0.39, 0.29) is 5.91 Å². The van der Waals surface area contributed by atoms with E-state index in [0.29, 0.717) is 25.3 Å². The Morgan fingerprint density at radius 3 is 2.67 bits per heavy atom. The molecule has 0 aliphatic rings. The number of ether oxygens (including phenoxy) is 1. The van der Waals surface area contributed by atoms with E-state index in [4.69, 9.17) is 4.74 Å². The number of amides is 1. The molecule has 21 heavy (non-hydrogen) atoms. The van der Waals surface area contributed by atoms with Crippen LogP contribution in [0.3, 0.4) is 0 Å². The lowest BCUT2D eigenvalue weighted by Crippen LogP contribution is -2.34. The Bertz CT molecular complexity index is 590. The normalized spacial score (nSPS) is 10.4. The fourth-order valence-electron chi connectivity index (χ4n) is 1.95. The fourth-order valence-corrected chi connectivity index (χ4v) is 2.40. The van der Waals surface area contributed by atoms with Crippen LogP contribution in [-0.4, -0.2) is 36.1 Å². The largest absolute Gasteiger partial charge is 0.383 e. The van der Waals surface area contributed by atoms with Crippen molar-refractivity contribution in [3.8, 4) is 0 Å². The first-order valence-electron chi connectivity index (χ1n) is 6.65. The number of rotatable bonds is 6. The van der Waals surface area contributed by atoms with Gasteiger partial charge in [0.05, 0.1) is 24.4 Å². The van der Waals surface area contributed by atoms with E-state index in [1.165, 1.54) is 0 Å². The minimum absolute atomic E-state index is 0.0369. The highest BCUT2D eigenvalue weighted by atomic mass is 79.9. The highest BCUT2D eigenvalue weighted by Gasteiger charge is 2.18. The Morgan fingerprint density at radius 2 is 2.00 bits per heavy atom. The number of halogens is 1. The minimum atomic E-state index is -0.0369. The lowest BCUT2D eigenvalue weighted by atomic mass is 10.2. The van der Waals surface area contributed by atoms with Crippen molar-refractivity contribution in [2.24, 2.45) is 0 Å². The number of carbonyl (C=O) groups excluding carboxylic acids is 1. The number of hydrogen-bond donors (Lipinski definition) is 0. The SMILES string of the molecule is COCCN(Cc1ccccn1)C(=O)c1ccccc1Br. The smallest absolute Gasteiger partial charge is 0.255 e. The van der Waals surface area contributed by atoms with Crippen molar-refractivity contribution in [3.63, 3.8) is 0 Å². The van der Waals surface area contributed by atoms with Crippen LogP contribution in [0.15, 0.2) is 53.1 Å². The summed E-state index contributed by atoms with van der Waals surface area (Å²) in [7, 11) is 1.63. The molecule has 0 saturated heterocycles. The van der Waals surface area contributed by atoms with Crippen molar-refractivity contribution in [1.82, 2.24) is 9.88 Å². The first-order valence-corrected chi connectivity index (χ1v) is 7.44. The molecule has 0 atom stereocenters. The van der Waals surface area contributed by atoms with Crippen LogP contribution in [0.4, 0.5) is 0 Å². The number of carbonyl (C=O) groups is 1. The zero-order valence-corrected chi connectivity index (χ0v) is 13.4. The maximum absolute atomic E-state index is 12.7. The standard InChI is InChI=1S/C16H17BrN2O2/c1-21-11-10-19(12-13-6-4-5-9-18-13)16(20)14-7-2-3-8-15(14)17/h2-9H,10-12H2,1H3. The predicted molar refractivity (Wildman–Crippen MR) is 85.0 cm³/mol. The fraction of sp³-hybridized carbons (Fsp3) is 0.250. The molecule has 0 unspecified atom stereocenters. The number of nitrogens with zero attached hydrogens (tertiary/aromatic N) is 2. The first-order chi connectivity index (χ1) is 10.2. The molecule has 0 N–H and O–H groups in total. The number of benzene rings is 1. The minimum Gasteiger partial charge on any atom is -0.383 e. The van der Waals surface area contributed by atoms with Gasteiger partial charge >= 0.3 is 0 Å². The maximum atomic E-state index is 12.7. The number of pyridine rings is 1. The van der Waals surface area contributed by atoms with Gasteiger partial charge in [0, 0.05) is 24.3 Å². The van der Waals surface area contributed by atoms with Gasteiger partial charge in [0.25, 0.3) is 5.91 Å². The summed E-state index contributed by atoms with van der Waals surface area (Å²) in [6, 6.07) is 13.1. The van der Waals surface area contributed by atoms with E-state index in [9.17, 15) is 4.79 Å². The second kappa shape index (κ2) is 7.90. The summed E-state index contributed by atoms with van der Waals surface area (Å²) in [6.45, 7) is 1.47. The molecule has 0 fully saturated rings. The van der Waals surface area contributed by atoms with E-state index in [2.05, 4.69) is 20.9 Å². The van der Waals surface area contributed by atoms with Gasteiger partial charge in [0.2, 0.25) is 0 Å². The highest BCUT2D eigenvalue weighted by Crippen LogP contribution is 2.18. The van der Waals surface area contributed by atoms with E-state index in [0.717, 1.165) is 10.2 Å². The Labute approximate surface area is 132 Å². The molecule has 0 aliphatic carbocycles. The van der Waals surface area contributed by atoms with Gasteiger partial charge in [-0.3, -0.25) is 9.78 Å². The van der Waals surface area contributed by atoms with Crippen molar-refractivity contribution in [2.75, 3.05) is 20.3 Å². The quantitative estimate of drug-likeness (QED) is 0.805. The van der Waals surface area contributed by atoms with Gasteiger partial charge in [0.15, 0.2) is 0 Å². The third-order valence-electron chi connectivity index (χ3n) is 3.04. The van der Waals surface area contributed by atoms with Crippen molar-refractivity contribution in [3.05, 3.63) is 64.4 Å². The molecule has 0 spiro atoms. The third-order valence-corrected chi connectivity index (χ3v) is 3.73. The molecule has 1 heterocycles. The molecule has 110 valence electrons. The molecule has 1 aromatic heterocycles. The van der Waals surface area contributed by atoms with Gasteiger partial charge in [-0.1, -0.05) is 18.2 Å². The maximum Gasteiger partial charge on any atom is 0.255 e. The summed E-state index contributed by atoms with van der Waals surface area (Å²) in [6.07, 6.45) is 1.73.